The van der Waals surface area contributed by atoms with E-state index in [2.05, 4.69) is 51.9 Å². The van der Waals surface area contributed by atoms with Crippen LogP contribution < -0.4 is 5.32 Å². The third kappa shape index (κ3) is 11.8. The van der Waals surface area contributed by atoms with Crippen LogP contribution in [0, 0.1) is 5.41 Å². The molecular formula is C13H30N2. The van der Waals surface area contributed by atoms with Crippen molar-refractivity contribution in [3.63, 3.8) is 0 Å². The Balaban J connectivity index is 3.36. The molecule has 0 unspecified atom stereocenters. The summed E-state index contributed by atoms with van der Waals surface area (Å²) in [5.74, 6) is 0. The summed E-state index contributed by atoms with van der Waals surface area (Å²) in [4.78, 5) is 2.44. The molecule has 92 valence electrons. The van der Waals surface area contributed by atoms with Gasteiger partial charge in [-0.3, -0.25) is 0 Å². The third-order valence-corrected chi connectivity index (χ3v) is 2.26. The molecule has 1 N–H and O–H groups in total. The number of hydrogen-bond donors (Lipinski definition) is 1. The maximum atomic E-state index is 3.45. The molecule has 0 heterocycles. The van der Waals surface area contributed by atoms with Crippen molar-refractivity contribution in [2.45, 2.75) is 53.5 Å². The second-order valence-electron chi connectivity index (χ2n) is 6.11. The van der Waals surface area contributed by atoms with Crippen molar-refractivity contribution < 1.29 is 0 Å². The fourth-order valence-corrected chi connectivity index (χ4v) is 1.79. The summed E-state index contributed by atoms with van der Waals surface area (Å²) in [6.07, 6.45) is 2.58. The molecule has 0 aliphatic carbocycles. The van der Waals surface area contributed by atoms with Gasteiger partial charge in [-0.25, -0.2) is 0 Å². The Kier molecular flexibility index (Phi) is 7.20. The highest BCUT2D eigenvalue weighted by atomic mass is 15.1. The van der Waals surface area contributed by atoms with Crippen LogP contribution in [0.2, 0.25) is 0 Å². The van der Waals surface area contributed by atoms with Gasteiger partial charge in [-0.1, -0.05) is 34.6 Å². The Bertz CT molecular complexity index is 147. The highest BCUT2D eigenvalue weighted by Crippen LogP contribution is 2.14. The fourth-order valence-electron chi connectivity index (χ4n) is 1.79. The maximum absolute atomic E-state index is 3.45. The summed E-state index contributed by atoms with van der Waals surface area (Å²) in [5, 5.41) is 3.45. The lowest BCUT2D eigenvalue weighted by Crippen LogP contribution is -2.30. The monoisotopic (exact) mass is 214 g/mol. The molecule has 15 heavy (non-hydrogen) atoms. The van der Waals surface area contributed by atoms with Gasteiger partial charge in [0, 0.05) is 12.6 Å². The predicted octanol–water partition coefficient (Wildman–Crippen LogP) is 2.74. The minimum atomic E-state index is 0.422. The van der Waals surface area contributed by atoms with Gasteiger partial charge in [-0.05, 0) is 38.4 Å². The van der Waals surface area contributed by atoms with Crippen LogP contribution in [-0.4, -0.2) is 37.6 Å². The highest BCUT2D eigenvalue weighted by Gasteiger charge is 2.12. The van der Waals surface area contributed by atoms with Gasteiger partial charge < -0.3 is 10.2 Å². The first kappa shape index (κ1) is 14.9. The number of hydrogen-bond acceptors (Lipinski definition) is 2. The van der Waals surface area contributed by atoms with Gasteiger partial charge in [0.1, 0.15) is 0 Å². The first-order valence-corrected chi connectivity index (χ1v) is 6.23. The van der Waals surface area contributed by atoms with Crippen LogP contribution in [0.15, 0.2) is 0 Å². The molecule has 0 aromatic rings. The third-order valence-electron chi connectivity index (χ3n) is 2.26. The van der Waals surface area contributed by atoms with Crippen LogP contribution in [0.25, 0.3) is 0 Å². The zero-order valence-electron chi connectivity index (χ0n) is 11.6. The Morgan fingerprint density at radius 2 is 1.73 bits per heavy atom. The van der Waals surface area contributed by atoms with E-state index in [0.717, 1.165) is 6.54 Å². The topological polar surface area (TPSA) is 15.3 Å². The molecule has 0 saturated carbocycles. The Hall–Kier alpha value is -0.0800. The number of rotatable bonds is 7. The Morgan fingerprint density at radius 3 is 2.20 bits per heavy atom. The van der Waals surface area contributed by atoms with E-state index in [4.69, 9.17) is 0 Å². The molecule has 0 aliphatic heterocycles. The van der Waals surface area contributed by atoms with E-state index < -0.39 is 0 Å². The first-order chi connectivity index (χ1) is 6.81. The molecule has 2 heteroatoms. The van der Waals surface area contributed by atoms with E-state index >= 15 is 0 Å². The molecule has 0 bridgehead atoms. The highest BCUT2D eigenvalue weighted by molar-refractivity contribution is 4.66. The second kappa shape index (κ2) is 7.24. The van der Waals surface area contributed by atoms with Crippen LogP contribution in [0.5, 0.6) is 0 Å². The molecule has 0 spiro atoms. The standard InChI is InChI=1S/C13H30N2/c1-12(2)14-9-7-8-10-15(6)11-13(3,4)5/h12,14H,7-11H2,1-6H3. The minimum Gasteiger partial charge on any atom is -0.315 e. The van der Waals surface area contributed by atoms with Crippen molar-refractivity contribution in [3.05, 3.63) is 0 Å². The number of unbranched alkanes of at least 4 members (excludes halogenated alkanes) is 1. The second-order valence-corrected chi connectivity index (χ2v) is 6.11. The summed E-state index contributed by atoms with van der Waals surface area (Å²) in [5.41, 5.74) is 0.422. The van der Waals surface area contributed by atoms with Crippen LogP contribution >= 0.6 is 0 Å². The first-order valence-electron chi connectivity index (χ1n) is 6.23. The quantitative estimate of drug-likeness (QED) is 0.656. The molecule has 0 saturated heterocycles. The maximum Gasteiger partial charge on any atom is 0.00270 e. The summed E-state index contributed by atoms with van der Waals surface area (Å²) in [6, 6.07) is 0.623. The summed E-state index contributed by atoms with van der Waals surface area (Å²) >= 11 is 0. The molecule has 0 aromatic carbocycles. The van der Waals surface area contributed by atoms with Crippen LogP contribution in [0.4, 0.5) is 0 Å². The average Bonchev–Trinajstić information content (AvgIpc) is 1.99. The molecule has 0 radical (unpaired) electrons. The number of nitrogens with one attached hydrogen (secondary N) is 1. The van der Waals surface area contributed by atoms with Gasteiger partial charge in [-0.15, -0.1) is 0 Å². The molecular weight excluding hydrogens is 184 g/mol. The van der Waals surface area contributed by atoms with E-state index in [1.54, 1.807) is 0 Å². The van der Waals surface area contributed by atoms with Crippen molar-refractivity contribution in [1.82, 2.24) is 10.2 Å². The fraction of sp³-hybridized carbons (Fsp3) is 1.00. The SMILES string of the molecule is CC(C)NCCCCN(C)CC(C)(C)C. The van der Waals surface area contributed by atoms with Gasteiger partial charge in [0.15, 0.2) is 0 Å². The van der Waals surface area contributed by atoms with Gasteiger partial charge in [0.2, 0.25) is 0 Å². The van der Waals surface area contributed by atoms with Crippen LogP contribution in [0.1, 0.15) is 47.5 Å². The molecule has 0 aliphatic rings. The molecule has 0 atom stereocenters. The minimum absolute atomic E-state index is 0.422. The average molecular weight is 214 g/mol. The molecule has 0 amide bonds. The molecule has 2 nitrogen and oxygen atoms in total. The van der Waals surface area contributed by atoms with Crippen molar-refractivity contribution in [2.24, 2.45) is 5.41 Å². The van der Waals surface area contributed by atoms with Crippen molar-refractivity contribution in [1.29, 1.82) is 0 Å². The number of nitrogens with zero attached hydrogens (tertiary/aromatic N) is 1. The lowest BCUT2D eigenvalue weighted by molar-refractivity contribution is 0.223. The Morgan fingerprint density at radius 1 is 1.13 bits per heavy atom. The zero-order valence-corrected chi connectivity index (χ0v) is 11.6. The molecule has 0 aromatic heterocycles. The summed E-state index contributed by atoms with van der Waals surface area (Å²) in [7, 11) is 2.22. The lowest BCUT2D eigenvalue weighted by atomic mass is 9.96. The smallest absolute Gasteiger partial charge is 0.00270 e. The van der Waals surface area contributed by atoms with Gasteiger partial charge in [0.25, 0.3) is 0 Å². The predicted molar refractivity (Wildman–Crippen MR) is 69.3 cm³/mol. The van der Waals surface area contributed by atoms with E-state index in [-0.39, 0.29) is 0 Å². The lowest BCUT2D eigenvalue weighted by Gasteiger charge is -2.26. The van der Waals surface area contributed by atoms with Gasteiger partial charge >= 0.3 is 0 Å². The van der Waals surface area contributed by atoms with E-state index in [1.165, 1.54) is 25.9 Å². The van der Waals surface area contributed by atoms with Crippen molar-refractivity contribution in [2.75, 3.05) is 26.7 Å². The van der Waals surface area contributed by atoms with Crippen molar-refractivity contribution >= 4 is 0 Å². The van der Waals surface area contributed by atoms with Gasteiger partial charge in [0.05, 0.1) is 0 Å². The summed E-state index contributed by atoms with van der Waals surface area (Å²) < 4.78 is 0. The molecule has 0 rings (SSSR count). The van der Waals surface area contributed by atoms with Gasteiger partial charge in [-0.2, -0.15) is 0 Å². The van der Waals surface area contributed by atoms with E-state index in [9.17, 15) is 0 Å². The zero-order chi connectivity index (χ0) is 11.9. The largest absolute Gasteiger partial charge is 0.315 e. The van der Waals surface area contributed by atoms with E-state index in [0.29, 0.717) is 11.5 Å². The normalized spacial score (nSPS) is 12.8. The molecule has 0 fully saturated rings. The van der Waals surface area contributed by atoms with Crippen LogP contribution in [0.3, 0.4) is 0 Å². The van der Waals surface area contributed by atoms with Crippen LogP contribution in [-0.2, 0) is 0 Å². The van der Waals surface area contributed by atoms with E-state index in [1.807, 2.05) is 0 Å². The summed E-state index contributed by atoms with van der Waals surface area (Å²) in [6.45, 7) is 14.8. The Labute approximate surface area is 96.4 Å². The van der Waals surface area contributed by atoms with Crippen molar-refractivity contribution in [3.8, 4) is 0 Å².